The molecule has 0 saturated heterocycles. The van der Waals surface area contributed by atoms with Crippen molar-refractivity contribution in [3.63, 3.8) is 0 Å². The van der Waals surface area contributed by atoms with Gasteiger partial charge < -0.3 is 15.1 Å². The number of nitrogens with zero attached hydrogens (tertiary/aromatic N) is 3. The molecule has 5 heteroatoms. The molecule has 1 fully saturated rings. The second-order valence-corrected chi connectivity index (χ2v) is 7.56. The molecule has 0 aromatic heterocycles. The molecule has 2 aliphatic rings. The zero-order chi connectivity index (χ0) is 19.7. The maximum absolute atomic E-state index is 13.2. The van der Waals surface area contributed by atoms with Gasteiger partial charge in [-0.3, -0.25) is 4.79 Å². The molecular weight excluding hydrogens is 348 g/mol. The number of carbonyl (C=O) groups excluding carboxylic acids is 1. The van der Waals surface area contributed by atoms with Gasteiger partial charge in [-0.05, 0) is 62.1 Å². The van der Waals surface area contributed by atoms with Crippen molar-refractivity contribution in [1.29, 1.82) is 5.26 Å². The van der Waals surface area contributed by atoms with Crippen LogP contribution in [0, 0.1) is 18.3 Å². The smallest absolute Gasteiger partial charge is 0.258 e. The lowest BCUT2D eigenvalue weighted by Crippen LogP contribution is -2.44. The van der Waals surface area contributed by atoms with E-state index in [9.17, 15) is 4.79 Å². The van der Waals surface area contributed by atoms with Crippen molar-refractivity contribution in [3.8, 4) is 6.07 Å². The fourth-order valence-electron chi connectivity index (χ4n) is 4.04. The minimum Gasteiger partial charge on any atom is -0.371 e. The van der Waals surface area contributed by atoms with E-state index in [0.29, 0.717) is 12.5 Å². The van der Waals surface area contributed by atoms with E-state index in [1.165, 1.54) is 0 Å². The predicted molar refractivity (Wildman–Crippen MR) is 111 cm³/mol. The van der Waals surface area contributed by atoms with E-state index in [-0.39, 0.29) is 12.1 Å². The summed E-state index contributed by atoms with van der Waals surface area (Å²) < 4.78 is 0. The monoisotopic (exact) mass is 374 g/mol. The van der Waals surface area contributed by atoms with Gasteiger partial charge in [0.2, 0.25) is 0 Å². The summed E-state index contributed by atoms with van der Waals surface area (Å²) >= 11 is 0. The minimum absolute atomic E-state index is 0.120. The SMILES string of the molecule is CCN(CCC#N)c1ccc(C2Nc3ccccc3C(=O)N2C2CC2)c(C)c1. The van der Waals surface area contributed by atoms with Crippen molar-refractivity contribution in [1.82, 2.24) is 4.90 Å². The molecule has 1 heterocycles. The largest absolute Gasteiger partial charge is 0.371 e. The Balaban J connectivity index is 1.68. The summed E-state index contributed by atoms with van der Waals surface area (Å²) in [5, 5.41) is 12.5. The van der Waals surface area contributed by atoms with Gasteiger partial charge >= 0.3 is 0 Å². The first-order valence-electron chi connectivity index (χ1n) is 10.0. The van der Waals surface area contributed by atoms with Crippen LogP contribution < -0.4 is 10.2 Å². The average Bonchev–Trinajstić information content (AvgIpc) is 3.53. The molecule has 0 spiro atoms. The van der Waals surface area contributed by atoms with E-state index in [0.717, 1.165) is 54.0 Å². The summed E-state index contributed by atoms with van der Waals surface area (Å²) in [4.78, 5) is 17.4. The quantitative estimate of drug-likeness (QED) is 0.811. The number of nitrogens with one attached hydrogen (secondary N) is 1. The highest BCUT2D eigenvalue weighted by Crippen LogP contribution is 2.41. The van der Waals surface area contributed by atoms with E-state index in [1.54, 1.807) is 0 Å². The maximum Gasteiger partial charge on any atom is 0.258 e. The molecule has 28 heavy (non-hydrogen) atoms. The molecule has 0 radical (unpaired) electrons. The van der Waals surface area contributed by atoms with Crippen molar-refractivity contribution < 1.29 is 4.79 Å². The van der Waals surface area contributed by atoms with Crippen LogP contribution in [-0.4, -0.2) is 29.9 Å². The number of benzene rings is 2. The van der Waals surface area contributed by atoms with E-state index in [1.807, 2.05) is 29.2 Å². The van der Waals surface area contributed by atoms with Gasteiger partial charge in [0, 0.05) is 30.5 Å². The highest BCUT2D eigenvalue weighted by atomic mass is 16.2. The number of aryl methyl sites for hydroxylation is 1. The standard InChI is InChI=1S/C23H26N4O/c1-3-26(14-6-13-24)18-11-12-19(16(2)15-18)22-25-21-8-5-4-7-20(21)23(28)27(22)17-9-10-17/h4-5,7-8,11-12,15,17,22,25H,3,6,9-10,14H2,1-2H3. The first-order chi connectivity index (χ1) is 13.6. The van der Waals surface area contributed by atoms with Crippen LogP contribution in [0.4, 0.5) is 11.4 Å². The lowest BCUT2D eigenvalue weighted by Gasteiger charge is -2.39. The molecule has 0 bridgehead atoms. The molecular formula is C23H26N4O. The van der Waals surface area contributed by atoms with Crippen LogP contribution >= 0.6 is 0 Å². The minimum atomic E-state index is -0.141. The summed E-state index contributed by atoms with van der Waals surface area (Å²) in [6.45, 7) is 5.80. The molecule has 5 nitrogen and oxygen atoms in total. The third kappa shape index (κ3) is 3.31. The van der Waals surface area contributed by atoms with E-state index in [2.05, 4.69) is 48.3 Å². The van der Waals surface area contributed by atoms with Gasteiger partial charge in [-0.2, -0.15) is 5.26 Å². The van der Waals surface area contributed by atoms with Crippen LogP contribution in [0.15, 0.2) is 42.5 Å². The summed E-state index contributed by atoms with van der Waals surface area (Å²) in [6, 6.07) is 16.7. The van der Waals surface area contributed by atoms with Gasteiger partial charge in [0.15, 0.2) is 0 Å². The van der Waals surface area contributed by atoms with Gasteiger partial charge in [0.05, 0.1) is 18.1 Å². The number of anilines is 2. The highest BCUT2D eigenvalue weighted by Gasteiger charge is 2.42. The van der Waals surface area contributed by atoms with Crippen LogP contribution in [0.2, 0.25) is 0 Å². The third-order valence-corrected chi connectivity index (χ3v) is 5.69. The number of amides is 1. The third-order valence-electron chi connectivity index (χ3n) is 5.69. The molecule has 1 N–H and O–H groups in total. The zero-order valence-corrected chi connectivity index (χ0v) is 16.5. The van der Waals surface area contributed by atoms with E-state index in [4.69, 9.17) is 5.26 Å². The fraction of sp³-hybridized carbons (Fsp3) is 0.391. The maximum atomic E-state index is 13.2. The first-order valence-corrected chi connectivity index (χ1v) is 10.0. The number of para-hydroxylation sites is 1. The Bertz CT molecular complexity index is 928. The van der Waals surface area contributed by atoms with Gasteiger partial charge in [0.1, 0.15) is 6.17 Å². The lowest BCUT2D eigenvalue weighted by molar-refractivity contribution is 0.0666. The van der Waals surface area contributed by atoms with Crippen molar-refractivity contribution in [2.45, 2.75) is 45.3 Å². The molecule has 1 amide bonds. The number of hydrogen-bond donors (Lipinski definition) is 1. The summed E-state index contributed by atoms with van der Waals surface area (Å²) in [7, 11) is 0. The molecule has 1 saturated carbocycles. The number of nitriles is 1. The second kappa shape index (κ2) is 7.55. The van der Waals surface area contributed by atoms with Crippen LogP contribution in [0.25, 0.3) is 0 Å². The van der Waals surface area contributed by atoms with Crippen LogP contribution in [0.3, 0.4) is 0 Å². The number of carbonyl (C=O) groups is 1. The van der Waals surface area contributed by atoms with Crippen molar-refractivity contribution >= 4 is 17.3 Å². The molecule has 1 aliphatic carbocycles. The van der Waals surface area contributed by atoms with Crippen molar-refractivity contribution in [2.75, 3.05) is 23.3 Å². The van der Waals surface area contributed by atoms with Gasteiger partial charge in [-0.25, -0.2) is 0 Å². The Hall–Kier alpha value is -3.00. The Morgan fingerprint density at radius 1 is 1.25 bits per heavy atom. The number of fused-ring (bicyclic) bond motifs is 1. The van der Waals surface area contributed by atoms with Gasteiger partial charge in [0.25, 0.3) is 5.91 Å². The predicted octanol–water partition coefficient (Wildman–Crippen LogP) is 4.46. The zero-order valence-electron chi connectivity index (χ0n) is 16.5. The Morgan fingerprint density at radius 2 is 2.04 bits per heavy atom. The van der Waals surface area contributed by atoms with Crippen LogP contribution in [0.5, 0.6) is 0 Å². The summed E-state index contributed by atoms with van der Waals surface area (Å²) in [5.41, 5.74) is 5.08. The van der Waals surface area contributed by atoms with Crippen molar-refractivity contribution in [2.24, 2.45) is 0 Å². The lowest BCUT2D eigenvalue weighted by atomic mass is 9.99. The molecule has 2 aromatic carbocycles. The molecule has 1 atom stereocenters. The first kappa shape index (κ1) is 18.4. The Labute approximate surface area is 166 Å². The molecule has 1 aliphatic heterocycles. The van der Waals surface area contributed by atoms with E-state index >= 15 is 0 Å². The number of hydrogen-bond acceptors (Lipinski definition) is 4. The Kier molecular flexibility index (Phi) is 4.95. The topological polar surface area (TPSA) is 59.4 Å². The fourth-order valence-corrected chi connectivity index (χ4v) is 4.04. The normalized spacial score (nSPS) is 18.2. The van der Waals surface area contributed by atoms with Gasteiger partial charge in [-0.1, -0.05) is 18.2 Å². The Morgan fingerprint density at radius 3 is 2.71 bits per heavy atom. The summed E-state index contributed by atoms with van der Waals surface area (Å²) in [5.74, 6) is 0.120. The molecule has 144 valence electrons. The molecule has 2 aromatic rings. The molecule has 4 rings (SSSR count). The van der Waals surface area contributed by atoms with Crippen molar-refractivity contribution in [3.05, 3.63) is 59.2 Å². The van der Waals surface area contributed by atoms with Gasteiger partial charge in [-0.15, -0.1) is 0 Å². The van der Waals surface area contributed by atoms with Crippen LogP contribution in [0.1, 0.15) is 53.8 Å². The highest BCUT2D eigenvalue weighted by molar-refractivity contribution is 6.02. The summed E-state index contributed by atoms with van der Waals surface area (Å²) in [6.07, 6.45) is 2.51. The second-order valence-electron chi connectivity index (χ2n) is 7.56. The molecule has 1 unspecified atom stereocenters. The average molecular weight is 374 g/mol. The van der Waals surface area contributed by atoms with E-state index < -0.39 is 0 Å². The van der Waals surface area contributed by atoms with Crippen LogP contribution in [-0.2, 0) is 0 Å². The number of rotatable bonds is 6.